The number of nitrogens with zero attached hydrogens (tertiary/aromatic N) is 2. The van der Waals surface area contributed by atoms with Crippen LogP contribution in [0.2, 0.25) is 0 Å². The van der Waals surface area contributed by atoms with Crippen LogP contribution in [0.25, 0.3) is 0 Å². The average molecular weight is 289 g/mol. The lowest BCUT2D eigenvalue weighted by molar-refractivity contribution is 0.344. The predicted octanol–water partition coefficient (Wildman–Crippen LogP) is 1.67. The van der Waals surface area contributed by atoms with Gasteiger partial charge in [-0.1, -0.05) is 11.2 Å². The summed E-state index contributed by atoms with van der Waals surface area (Å²) >= 11 is 0. The second kappa shape index (κ2) is 5.37. The van der Waals surface area contributed by atoms with Gasteiger partial charge in [0.1, 0.15) is 0 Å². The van der Waals surface area contributed by atoms with E-state index in [1.165, 1.54) is 0 Å². The Balaban J connectivity index is 1.78. The number of benzene rings is 1. The molecule has 0 atom stereocenters. The molecule has 2 aromatic rings. The topological polar surface area (TPSA) is 83.4 Å². The molecule has 3 rings (SSSR count). The molecule has 1 aliphatic rings. The molecule has 0 bridgehead atoms. The van der Waals surface area contributed by atoms with Gasteiger partial charge in [0.2, 0.25) is 5.89 Å². The lowest BCUT2D eigenvalue weighted by Crippen LogP contribution is -2.20. The molecule has 0 aliphatic heterocycles. The van der Waals surface area contributed by atoms with Crippen LogP contribution in [0.1, 0.15) is 30.1 Å². The van der Waals surface area contributed by atoms with Crippen LogP contribution in [-0.4, -0.2) is 30.9 Å². The first-order valence-corrected chi connectivity index (χ1v) is 6.95. The summed E-state index contributed by atoms with van der Waals surface area (Å²) in [6.07, 6.45) is 2.65. The highest BCUT2D eigenvalue weighted by atomic mass is 16.5. The van der Waals surface area contributed by atoms with Gasteiger partial charge in [-0.2, -0.15) is 4.98 Å². The van der Waals surface area contributed by atoms with Gasteiger partial charge in [0.25, 0.3) is 0 Å². The van der Waals surface area contributed by atoms with Crippen molar-refractivity contribution in [3.05, 3.63) is 35.5 Å². The molecule has 21 heavy (non-hydrogen) atoms. The Labute approximate surface area is 123 Å². The first kappa shape index (κ1) is 13.9. The fourth-order valence-corrected chi connectivity index (χ4v) is 2.37. The van der Waals surface area contributed by atoms with Crippen molar-refractivity contribution in [3.8, 4) is 11.5 Å². The summed E-state index contributed by atoms with van der Waals surface area (Å²) in [5.41, 5.74) is 6.75. The van der Waals surface area contributed by atoms with Crippen LogP contribution in [0.3, 0.4) is 0 Å². The molecule has 1 heterocycles. The standard InChI is InChI=1S/C15H19N3O3/c1-19-11-4-3-10(7-12(11)20-2)8-13-17-14(21-18-13)15(9-16)5-6-15/h3-4,7H,5-6,8-9,16H2,1-2H3. The lowest BCUT2D eigenvalue weighted by atomic mass is 10.1. The van der Waals surface area contributed by atoms with Crippen LogP contribution >= 0.6 is 0 Å². The Kier molecular flexibility index (Phi) is 3.55. The zero-order chi connectivity index (χ0) is 14.9. The maximum atomic E-state index is 5.77. The fourth-order valence-electron chi connectivity index (χ4n) is 2.37. The first-order valence-electron chi connectivity index (χ1n) is 6.95. The van der Waals surface area contributed by atoms with E-state index in [1.54, 1.807) is 14.2 Å². The number of methoxy groups -OCH3 is 2. The summed E-state index contributed by atoms with van der Waals surface area (Å²) in [4.78, 5) is 4.48. The molecule has 0 amide bonds. The number of nitrogens with two attached hydrogens (primary N) is 1. The van der Waals surface area contributed by atoms with Crippen LogP contribution in [0.15, 0.2) is 22.7 Å². The van der Waals surface area contributed by atoms with Crippen molar-refractivity contribution < 1.29 is 14.0 Å². The molecule has 1 aromatic heterocycles. The van der Waals surface area contributed by atoms with E-state index in [1.807, 2.05) is 18.2 Å². The highest BCUT2D eigenvalue weighted by Crippen LogP contribution is 2.46. The average Bonchev–Trinajstić information content (AvgIpc) is 3.19. The second-order valence-electron chi connectivity index (χ2n) is 5.37. The smallest absolute Gasteiger partial charge is 0.234 e. The third kappa shape index (κ3) is 2.58. The Morgan fingerprint density at radius 3 is 2.62 bits per heavy atom. The third-order valence-corrected chi connectivity index (χ3v) is 3.98. The van der Waals surface area contributed by atoms with Crippen molar-refractivity contribution >= 4 is 0 Å². The van der Waals surface area contributed by atoms with Crippen LogP contribution in [-0.2, 0) is 11.8 Å². The van der Waals surface area contributed by atoms with E-state index in [-0.39, 0.29) is 5.41 Å². The normalized spacial score (nSPS) is 15.8. The molecule has 2 N–H and O–H groups in total. The molecule has 1 saturated carbocycles. The van der Waals surface area contributed by atoms with Crippen LogP contribution in [0.4, 0.5) is 0 Å². The van der Waals surface area contributed by atoms with Gasteiger partial charge in [-0.05, 0) is 30.5 Å². The first-order chi connectivity index (χ1) is 10.2. The molecular formula is C15H19N3O3. The van der Waals surface area contributed by atoms with Gasteiger partial charge in [0.05, 0.1) is 19.6 Å². The Morgan fingerprint density at radius 1 is 1.24 bits per heavy atom. The molecule has 0 unspecified atom stereocenters. The maximum Gasteiger partial charge on any atom is 0.234 e. The summed E-state index contributed by atoms with van der Waals surface area (Å²) in [7, 11) is 3.23. The van der Waals surface area contributed by atoms with Gasteiger partial charge in [0.15, 0.2) is 17.3 Å². The lowest BCUT2D eigenvalue weighted by Gasteiger charge is -2.08. The van der Waals surface area contributed by atoms with Crippen LogP contribution < -0.4 is 15.2 Å². The number of rotatable bonds is 6. The van der Waals surface area contributed by atoms with Crippen molar-refractivity contribution in [2.75, 3.05) is 20.8 Å². The van der Waals surface area contributed by atoms with Gasteiger partial charge >= 0.3 is 0 Å². The Hall–Kier alpha value is -2.08. The van der Waals surface area contributed by atoms with Crippen molar-refractivity contribution in [2.24, 2.45) is 5.73 Å². The number of ether oxygens (including phenoxy) is 2. The van der Waals surface area contributed by atoms with Gasteiger partial charge in [-0.25, -0.2) is 0 Å². The van der Waals surface area contributed by atoms with E-state index in [9.17, 15) is 0 Å². The SMILES string of the molecule is COc1ccc(Cc2noc(C3(CN)CC3)n2)cc1OC. The van der Waals surface area contributed by atoms with Gasteiger partial charge in [-0.15, -0.1) is 0 Å². The summed E-state index contributed by atoms with van der Waals surface area (Å²) in [6.45, 7) is 0.561. The van der Waals surface area contributed by atoms with Gasteiger partial charge < -0.3 is 19.7 Å². The second-order valence-corrected chi connectivity index (χ2v) is 5.37. The summed E-state index contributed by atoms with van der Waals surface area (Å²) < 4.78 is 15.9. The van der Waals surface area contributed by atoms with Crippen LogP contribution in [0.5, 0.6) is 11.5 Å². The third-order valence-electron chi connectivity index (χ3n) is 3.98. The molecule has 112 valence electrons. The molecule has 0 spiro atoms. The maximum absolute atomic E-state index is 5.77. The number of aromatic nitrogens is 2. The van der Waals surface area contributed by atoms with Crippen molar-refractivity contribution in [3.63, 3.8) is 0 Å². The molecule has 1 aromatic carbocycles. The summed E-state index contributed by atoms with van der Waals surface area (Å²) in [5.74, 6) is 2.73. The van der Waals surface area contributed by atoms with Crippen molar-refractivity contribution in [2.45, 2.75) is 24.7 Å². The van der Waals surface area contributed by atoms with E-state index >= 15 is 0 Å². The van der Waals surface area contributed by atoms with E-state index in [0.29, 0.717) is 36.2 Å². The largest absolute Gasteiger partial charge is 0.493 e. The Bertz CT molecular complexity index is 635. The minimum Gasteiger partial charge on any atom is -0.493 e. The van der Waals surface area contributed by atoms with Crippen molar-refractivity contribution in [1.82, 2.24) is 10.1 Å². The highest BCUT2D eigenvalue weighted by Gasteiger charge is 2.48. The molecule has 0 saturated heterocycles. The fraction of sp³-hybridized carbons (Fsp3) is 0.467. The summed E-state index contributed by atoms with van der Waals surface area (Å²) in [6, 6.07) is 5.76. The van der Waals surface area contributed by atoms with E-state index in [2.05, 4.69) is 10.1 Å². The minimum atomic E-state index is -0.0666. The molecule has 1 aliphatic carbocycles. The molecular weight excluding hydrogens is 270 g/mol. The monoisotopic (exact) mass is 289 g/mol. The molecule has 0 radical (unpaired) electrons. The van der Waals surface area contributed by atoms with E-state index < -0.39 is 0 Å². The number of hydrogen-bond acceptors (Lipinski definition) is 6. The molecule has 1 fully saturated rings. The van der Waals surface area contributed by atoms with Crippen molar-refractivity contribution in [1.29, 1.82) is 0 Å². The van der Waals surface area contributed by atoms with Gasteiger partial charge in [-0.3, -0.25) is 0 Å². The zero-order valence-electron chi connectivity index (χ0n) is 12.3. The van der Waals surface area contributed by atoms with Crippen LogP contribution in [0, 0.1) is 0 Å². The minimum absolute atomic E-state index is 0.0666. The Morgan fingerprint density at radius 2 is 2.00 bits per heavy atom. The number of hydrogen-bond donors (Lipinski definition) is 1. The molecule has 6 nitrogen and oxygen atoms in total. The predicted molar refractivity (Wildman–Crippen MR) is 76.6 cm³/mol. The van der Waals surface area contributed by atoms with Gasteiger partial charge in [0, 0.05) is 13.0 Å². The summed E-state index contributed by atoms with van der Waals surface area (Å²) in [5, 5.41) is 4.05. The quantitative estimate of drug-likeness (QED) is 0.871. The van der Waals surface area contributed by atoms with E-state index in [0.717, 1.165) is 18.4 Å². The highest BCUT2D eigenvalue weighted by molar-refractivity contribution is 5.43. The molecule has 6 heteroatoms. The zero-order valence-corrected chi connectivity index (χ0v) is 12.3. The van der Waals surface area contributed by atoms with E-state index in [4.69, 9.17) is 19.7 Å².